The molecule has 2 atom stereocenters. The third-order valence-electron chi connectivity index (χ3n) is 2.71. The number of aliphatic hydroxyl groups is 1. The molecule has 0 spiro atoms. The fourth-order valence-corrected chi connectivity index (χ4v) is 3.31. The molecule has 0 bridgehead atoms. The van der Waals surface area contributed by atoms with E-state index >= 15 is 0 Å². The van der Waals surface area contributed by atoms with Crippen molar-refractivity contribution in [2.24, 2.45) is 5.73 Å². The highest BCUT2D eigenvalue weighted by molar-refractivity contribution is 9.10. The molecule has 102 valence electrons. The molecule has 1 aromatic heterocycles. The van der Waals surface area contributed by atoms with Gasteiger partial charge in [-0.1, -0.05) is 12.1 Å². The van der Waals surface area contributed by atoms with Crippen molar-refractivity contribution in [2.45, 2.75) is 25.7 Å². The van der Waals surface area contributed by atoms with Crippen molar-refractivity contribution >= 4 is 27.3 Å². The zero-order chi connectivity index (χ0) is 13.8. The van der Waals surface area contributed by atoms with E-state index in [2.05, 4.69) is 15.9 Å². The zero-order valence-electron chi connectivity index (χ0n) is 10.5. The van der Waals surface area contributed by atoms with Gasteiger partial charge in [-0.3, -0.25) is 0 Å². The normalized spacial score (nSPS) is 14.1. The molecule has 0 aliphatic heterocycles. The third-order valence-corrected chi connectivity index (χ3v) is 4.47. The molecule has 0 aliphatic carbocycles. The monoisotopic (exact) mass is 341 g/mol. The summed E-state index contributed by atoms with van der Waals surface area (Å²) in [5, 5.41) is 11.0. The lowest BCUT2D eigenvalue weighted by Gasteiger charge is -2.21. The van der Waals surface area contributed by atoms with E-state index in [-0.39, 0.29) is 18.8 Å². The summed E-state index contributed by atoms with van der Waals surface area (Å²) in [7, 11) is 0. The summed E-state index contributed by atoms with van der Waals surface area (Å²) in [5.74, 6) is 0.754. The van der Waals surface area contributed by atoms with Crippen LogP contribution in [0.3, 0.4) is 0 Å². The van der Waals surface area contributed by atoms with E-state index in [1.807, 2.05) is 42.6 Å². The van der Waals surface area contributed by atoms with Crippen LogP contribution in [-0.4, -0.2) is 11.1 Å². The molecule has 1 heterocycles. The third kappa shape index (κ3) is 3.79. The summed E-state index contributed by atoms with van der Waals surface area (Å²) < 4.78 is 7.00. The van der Waals surface area contributed by atoms with Gasteiger partial charge >= 0.3 is 0 Å². The molecule has 0 amide bonds. The number of ether oxygens (including phenoxy) is 1. The highest BCUT2D eigenvalue weighted by atomic mass is 79.9. The van der Waals surface area contributed by atoms with Gasteiger partial charge in [0.05, 0.1) is 6.61 Å². The summed E-state index contributed by atoms with van der Waals surface area (Å²) in [6.45, 7) is 1.97. The van der Waals surface area contributed by atoms with Crippen LogP contribution in [0.25, 0.3) is 0 Å². The van der Waals surface area contributed by atoms with E-state index in [1.54, 1.807) is 11.3 Å². The average molecular weight is 342 g/mol. The van der Waals surface area contributed by atoms with Gasteiger partial charge in [-0.2, -0.15) is 0 Å². The summed E-state index contributed by atoms with van der Waals surface area (Å²) in [6.07, 6.45) is -0.170. The first-order valence-corrected chi connectivity index (χ1v) is 7.63. The van der Waals surface area contributed by atoms with Crippen molar-refractivity contribution in [3.05, 3.63) is 50.6 Å². The smallest absolute Gasteiger partial charge is 0.148 e. The van der Waals surface area contributed by atoms with Crippen molar-refractivity contribution in [1.29, 1.82) is 0 Å². The molecule has 1 aromatic carbocycles. The Morgan fingerprint density at radius 2 is 2.05 bits per heavy atom. The van der Waals surface area contributed by atoms with Gasteiger partial charge in [0.1, 0.15) is 11.9 Å². The van der Waals surface area contributed by atoms with Gasteiger partial charge < -0.3 is 15.6 Å². The minimum Gasteiger partial charge on any atom is -0.483 e. The second-order valence-corrected chi connectivity index (χ2v) is 6.23. The number of hydrogen-bond acceptors (Lipinski definition) is 4. The van der Waals surface area contributed by atoms with E-state index in [0.717, 1.165) is 20.7 Å². The lowest BCUT2D eigenvalue weighted by molar-refractivity contribution is 0.184. The Morgan fingerprint density at radius 1 is 1.37 bits per heavy atom. The van der Waals surface area contributed by atoms with Crippen molar-refractivity contribution < 1.29 is 9.84 Å². The van der Waals surface area contributed by atoms with E-state index < -0.39 is 0 Å². The molecule has 2 aromatic rings. The first kappa shape index (κ1) is 14.5. The maximum absolute atomic E-state index is 9.02. The Bertz CT molecular complexity index is 524. The van der Waals surface area contributed by atoms with E-state index in [9.17, 15) is 0 Å². The maximum atomic E-state index is 9.02. The van der Waals surface area contributed by atoms with Crippen LogP contribution in [0.5, 0.6) is 5.75 Å². The highest BCUT2D eigenvalue weighted by Crippen LogP contribution is 2.31. The molecule has 3 N–H and O–H groups in total. The maximum Gasteiger partial charge on any atom is 0.148 e. The van der Waals surface area contributed by atoms with Crippen molar-refractivity contribution in [2.75, 3.05) is 0 Å². The van der Waals surface area contributed by atoms with Crippen molar-refractivity contribution in [1.82, 2.24) is 0 Å². The van der Waals surface area contributed by atoms with Crippen LogP contribution in [-0.2, 0) is 6.61 Å². The lowest BCUT2D eigenvalue weighted by Crippen LogP contribution is -2.28. The number of nitrogens with two attached hydrogens (primary N) is 1. The van der Waals surface area contributed by atoms with Crippen molar-refractivity contribution in [3.63, 3.8) is 0 Å². The number of aliphatic hydroxyl groups excluding tert-OH is 1. The van der Waals surface area contributed by atoms with Crippen LogP contribution in [0.2, 0.25) is 0 Å². The molecule has 2 rings (SSSR count). The van der Waals surface area contributed by atoms with Gasteiger partial charge in [0.25, 0.3) is 0 Å². The first-order valence-electron chi connectivity index (χ1n) is 5.96. The van der Waals surface area contributed by atoms with Crippen LogP contribution >= 0.6 is 27.3 Å². The van der Waals surface area contributed by atoms with Gasteiger partial charge in [-0.05, 0) is 46.6 Å². The Labute approximate surface area is 125 Å². The van der Waals surface area contributed by atoms with Gasteiger partial charge in [0.15, 0.2) is 0 Å². The molecule has 0 radical (unpaired) electrons. The van der Waals surface area contributed by atoms with E-state index in [0.29, 0.717) is 0 Å². The van der Waals surface area contributed by atoms with E-state index in [1.165, 1.54) is 0 Å². The molecule has 0 saturated carbocycles. The second-order valence-electron chi connectivity index (χ2n) is 4.37. The van der Waals surface area contributed by atoms with Gasteiger partial charge in [0, 0.05) is 20.8 Å². The number of benzene rings is 1. The Hall–Kier alpha value is -0.880. The van der Waals surface area contributed by atoms with Crippen LogP contribution in [0.15, 0.2) is 40.2 Å². The van der Waals surface area contributed by atoms with Crippen molar-refractivity contribution in [3.8, 4) is 5.75 Å². The molecule has 5 heteroatoms. The Kier molecular flexibility index (Phi) is 4.99. The number of halogens is 1. The molecule has 0 saturated heterocycles. The molecular formula is C14H16BrNO2S. The zero-order valence-corrected chi connectivity index (χ0v) is 12.9. The average Bonchev–Trinajstić information content (AvgIpc) is 2.82. The summed E-state index contributed by atoms with van der Waals surface area (Å²) in [4.78, 5) is 1.09. The number of thiophene rings is 1. The van der Waals surface area contributed by atoms with Crippen LogP contribution < -0.4 is 10.5 Å². The summed E-state index contributed by atoms with van der Waals surface area (Å²) >= 11 is 5.06. The summed E-state index contributed by atoms with van der Waals surface area (Å²) in [5.41, 5.74) is 6.87. The standard InChI is InChI=1S/C14H16BrNO2S/c1-9(16)14(13-6-11(15)8-19-13)18-12-4-2-10(7-17)3-5-12/h2-6,8-9,14,17H,7,16H2,1H3. The van der Waals surface area contributed by atoms with Gasteiger partial charge in [-0.25, -0.2) is 0 Å². The fraction of sp³-hybridized carbons (Fsp3) is 0.286. The minimum atomic E-state index is -0.170. The summed E-state index contributed by atoms with van der Waals surface area (Å²) in [6, 6.07) is 9.31. The lowest BCUT2D eigenvalue weighted by atomic mass is 10.1. The fourth-order valence-electron chi connectivity index (χ4n) is 1.72. The van der Waals surface area contributed by atoms with Crippen LogP contribution in [0.1, 0.15) is 23.5 Å². The predicted molar refractivity (Wildman–Crippen MR) is 81.4 cm³/mol. The van der Waals surface area contributed by atoms with Gasteiger partial charge in [-0.15, -0.1) is 11.3 Å². The van der Waals surface area contributed by atoms with E-state index in [4.69, 9.17) is 15.6 Å². The molecule has 19 heavy (non-hydrogen) atoms. The van der Waals surface area contributed by atoms with Crippen LogP contribution in [0.4, 0.5) is 0 Å². The van der Waals surface area contributed by atoms with Crippen LogP contribution in [0, 0.1) is 0 Å². The molecule has 0 fully saturated rings. The molecule has 3 nitrogen and oxygen atoms in total. The Morgan fingerprint density at radius 3 is 2.53 bits per heavy atom. The number of rotatable bonds is 5. The number of hydrogen-bond donors (Lipinski definition) is 2. The first-order chi connectivity index (χ1) is 9.10. The largest absolute Gasteiger partial charge is 0.483 e. The minimum absolute atomic E-state index is 0.0366. The Balaban J connectivity index is 2.16. The molecular weight excluding hydrogens is 326 g/mol. The van der Waals surface area contributed by atoms with Gasteiger partial charge in [0.2, 0.25) is 0 Å². The predicted octanol–water partition coefficient (Wildman–Crippen LogP) is 3.47. The SMILES string of the molecule is CC(N)C(Oc1ccc(CO)cc1)c1cc(Br)cs1. The molecule has 2 unspecified atom stereocenters. The highest BCUT2D eigenvalue weighted by Gasteiger charge is 2.20. The topological polar surface area (TPSA) is 55.5 Å². The second kappa shape index (κ2) is 6.52. The molecule has 0 aliphatic rings. The quantitative estimate of drug-likeness (QED) is 0.875.